The Labute approximate surface area is 139 Å². The Morgan fingerprint density at radius 2 is 2.00 bits per heavy atom. The molecule has 2 amide bonds. The Hall–Kier alpha value is -2.27. The van der Waals surface area contributed by atoms with Crippen LogP contribution < -0.4 is 10.6 Å². The van der Waals surface area contributed by atoms with Gasteiger partial charge in [0.25, 0.3) is 0 Å². The largest absolute Gasteiger partial charge is 0.326 e. The summed E-state index contributed by atoms with van der Waals surface area (Å²) in [7, 11) is 0. The fourth-order valence-corrected chi connectivity index (χ4v) is 3.19. The Morgan fingerprint density at radius 3 is 2.78 bits per heavy atom. The Balaban J connectivity index is 1.58. The van der Waals surface area contributed by atoms with Crippen molar-refractivity contribution in [3.8, 4) is 0 Å². The summed E-state index contributed by atoms with van der Waals surface area (Å²) in [5, 5.41) is 5.71. The molecule has 2 N–H and O–H groups in total. The van der Waals surface area contributed by atoms with E-state index in [1.807, 2.05) is 37.3 Å². The fraction of sp³-hybridized carbons (Fsp3) is 0.222. The molecular weight excluding hydrogens is 308 g/mol. The van der Waals surface area contributed by atoms with Gasteiger partial charge in [-0.05, 0) is 37.1 Å². The molecule has 4 nitrogen and oxygen atoms in total. The monoisotopic (exact) mass is 326 g/mol. The zero-order valence-corrected chi connectivity index (χ0v) is 13.7. The summed E-state index contributed by atoms with van der Waals surface area (Å²) in [4.78, 5) is 24.5. The van der Waals surface area contributed by atoms with Gasteiger partial charge >= 0.3 is 0 Å². The number of anilines is 2. The number of hydrogen-bond acceptors (Lipinski definition) is 3. The molecule has 1 aliphatic heterocycles. The number of rotatable bonds is 4. The van der Waals surface area contributed by atoms with Gasteiger partial charge in [0.15, 0.2) is 0 Å². The lowest BCUT2D eigenvalue weighted by atomic mass is 10.1. The van der Waals surface area contributed by atoms with Gasteiger partial charge < -0.3 is 10.6 Å². The van der Waals surface area contributed by atoms with Crippen molar-refractivity contribution in [2.75, 3.05) is 16.4 Å². The second-order valence-corrected chi connectivity index (χ2v) is 6.60. The molecule has 1 heterocycles. The van der Waals surface area contributed by atoms with E-state index in [1.54, 1.807) is 0 Å². The SMILES string of the molecule is Cc1ccc(CCC(=O)Nc2ccc3c(c2)NC(=O)CS3)cc1. The third kappa shape index (κ3) is 4.13. The number of thioether (sulfide) groups is 1. The first-order valence-electron chi connectivity index (χ1n) is 7.52. The Kier molecular flexibility index (Phi) is 4.67. The zero-order valence-electron chi connectivity index (χ0n) is 12.9. The van der Waals surface area contributed by atoms with Crippen LogP contribution in [0.5, 0.6) is 0 Å². The highest BCUT2D eigenvalue weighted by atomic mass is 32.2. The summed E-state index contributed by atoms with van der Waals surface area (Å²) >= 11 is 1.51. The van der Waals surface area contributed by atoms with E-state index in [4.69, 9.17) is 0 Å². The Bertz CT molecular complexity index is 741. The molecule has 0 aromatic heterocycles. The van der Waals surface area contributed by atoms with Crippen LogP contribution in [0.1, 0.15) is 17.5 Å². The van der Waals surface area contributed by atoms with Gasteiger partial charge in [-0.3, -0.25) is 9.59 Å². The van der Waals surface area contributed by atoms with Gasteiger partial charge in [-0.1, -0.05) is 29.8 Å². The predicted octanol–water partition coefficient (Wildman–Crippen LogP) is 3.61. The van der Waals surface area contributed by atoms with Crippen LogP contribution in [-0.2, 0) is 16.0 Å². The first kappa shape index (κ1) is 15.6. The molecule has 23 heavy (non-hydrogen) atoms. The van der Waals surface area contributed by atoms with E-state index in [0.717, 1.165) is 16.1 Å². The molecule has 3 rings (SSSR count). The van der Waals surface area contributed by atoms with Crippen LogP contribution in [0.15, 0.2) is 47.4 Å². The molecule has 0 saturated heterocycles. The smallest absolute Gasteiger partial charge is 0.234 e. The van der Waals surface area contributed by atoms with Crippen molar-refractivity contribution in [2.24, 2.45) is 0 Å². The lowest BCUT2D eigenvalue weighted by Crippen LogP contribution is -2.19. The number of carbonyl (C=O) groups excluding carboxylic acids is 2. The van der Waals surface area contributed by atoms with Gasteiger partial charge in [0.2, 0.25) is 11.8 Å². The number of aryl methyl sites for hydroxylation is 2. The summed E-state index contributed by atoms with van der Waals surface area (Å²) in [6, 6.07) is 13.8. The standard InChI is InChI=1S/C18H18N2O2S/c1-12-2-4-13(5-3-12)6-9-17(21)19-14-7-8-16-15(10-14)20-18(22)11-23-16/h2-5,7-8,10H,6,9,11H2,1H3,(H,19,21)(H,20,22). The van der Waals surface area contributed by atoms with Crippen molar-refractivity contribution >= 4 is 35.0 Å². The van der Waals surface area contributed by atoms with E-state index >= 15 is 0 Å². The fourth-order valence-electron chi connectivity index (χ4n) is 2.40. The first-order chi connectivity index (χ1) is 11.1. The maximum absolute atomic E-state index is 12.1. The number of benzene rings is 2. The van der Waals surface area contributed by atoms with Crippen molar-refractivity contribution in [2.45, 2.75) is 24.7 Å². The van der Waals surface area contributed by atoms with Gasteiger partial charge in [-0.15, -0.1) is 11.8 Å². The van der Waals surface area contributed by atoms with Gasteiger partial charge in [-0.25, -0.2) is 0 Å². The minimum absolute atomic E-state index is 0.00894. The van der Waals surface area contributed by atoms with Crippen LogP contribution in [0.2, 0.25) is 0 Å². The molecule has 0 spiro atoms. The highest BCUT2D eigenvalue weighted by molar-refractivity contribution is 8.00. The minimum atomic E-state index is -0.0275. The molecule has 0 unspecified atom stereocenters. The summed E-state index contributed by atoms with van der Waals surface area (Å²) in [5.74, 6) is 0.403. The topological polar surface area (TPSA) is 58.2 Å². The average molecular weight is 326 g/mol. The van der Waals surface area contributed by atoms with Gasteiger partial charge in [0.05, 0.1) is 11.4 Å². The van der Waals surface area contributed by atoms with Crippen LogP contribution in [0.4, 0.5) is 11.4 Å². The van der Waals surface area contributed by atoms with E-state index in [0.29, 0.717) is 24.3 Å². The molecule has 2 aromatic carbocycles. The van der Waals surface area contributed by atoms with Crippen molar-refractivity contribution in [3.05, 3.63) is 53.6 Å². The normalized spacial score (nSPS) is 13.2. The van der Waals surface area contributed by atoms with Crippen LogP contribution >= 0.6 is 11.8 Å². The Morgan fingerprint density at radius 1 is 1.22 bits per heavy atom. The number of nitrogens with one attached hydrogen (secondary N) is 2. The maximum Gasteiger partial charge on any atom is 0.234 e. The van der Waals surface area contributed by atoms with Crippen LogP contribution in [0, 0.1) is 6.92 Å². The minimum Gasteiger partial charge on any atom is -0.326 e. The van der Waals surface area contributed by atoms with Crippen molar-refractivity contribution in [3.63, 3.8) is 0 Å². The van der Waals surface area contributed by atoms with Gasteiger partial charge in [0, 0.05) is 17.0 Å². The third-order valence-electron chi connectivity index (χ3n) is 3.66. The third-order valence-corrected chi connectivity index (χ3v) is 4.73. The second kappa shape index (κ2) is 6.87. The predicted molar refractivity (Wildman–Crippen MR) is 93.9 cm³/mol. The first-order valence-corrected chi connectivity index (χ1v) is 8.51. The van der Waals surface area contributed by atoms with E-state index in [1.165, 1.54) is 17.3 Å². The van der Waals surface area contributed by atoms with Crippen LogP contribution in [0.25, 0.3) is 0 Å². The number of fused-ring (bicyclic) bond motifs is 1. The highest BCUT2D eigenvalue weighted by Gasteiger charge is 2.15. The summed E-state index contributed by atoms with van der Waals surface area (Å²) in [6.45, 7) is 2.05. The van der Waals surface area contributed by atoms with Crippen molar-refractivity contribution < 1.29 is 9.59 Å². The molecule has 118 valence electrons. The molecule has 0 aliphatic carbocycles. The summed E-state index contributed by atoms with van der Waals surface area (Å²) in [5.41, 5.74) is 3.84. The van der Waals surface area contributed by atoms with Crippen LogP contribution in [0.3, 0.4) is 0 Å². The molecule has 0 radical (unpaired) electrons. The van der Waals surface area contributed by atoms with E-state index < -0.39 is 0 Å². The van der Waals surface area contributed by atoms with E-state index in [-0.39, 0.29) is 11.8 Å². The molecule has 2 aromatic rings. The number of hydrogen-bond donors (Lipinski definition) is 2. The number of amides is 2. The molecule has 5 heteroatoms. The van der Waals surface area contributed by atoms with Gasteiger partial charge in [0.1, 0.15) is 0 Å². The zero-order chi connectivity index (χ0) is 16.2. The molecule has 0 saturated carbocycles. The lowest BCUT2D eigenvalue weighted by Gasteiger charge is -2.17. The second-order valence-electron chi connectivity index (χ2n) is 5.58. The quantitative estimate of drug-likeness (QED) is 0.902. The average Bonchev–Trinajstić information content (AvgIpc) is 2.54. The van der Waals surface area contributed by atoms with Gasteiger partial charge in [-0.2, -0.15) is 0 Å². The van der Waals surface area contributed by atoms with E-state index in [2.05, 4.69) is 22.8 Å². The summed E-state index contributed by atoms with van der Waals surface area (Å²) < 4.78 is 0. The molecule has 1 aliphatic rings. The number of carbonyl (C=O) groups is 2. The lowest BCUT2D eigenvalue weighted by molar-refractivity contribution is -0.116. The highest BCUT2D eigenvalue weighted by Crippen LogP contribution is 2.33. The maximum atomic E-state index is 12.1. The van der Waals surface area contributed by atoms with Crippen molar-refractivity contribution in [1.29, 1.82) is 0 Å². The van der Waals surface area contributed by atoms with Crippen LogP contribution in [-0.4, -0.2) is 17.6 Å². The molecule has 0 fully saturated rings. The molecule has 0 bridgehead atoms. The molecular formula is C18H18N2O2S. The van der Waals surface area contributed by atoms with E-state index in [9.17, 15) is 9.59 Å². The summed E-state index contributed by atoms with van der Waals surface area (Å²) in [6.07, 6.45) is 1.14. The molecule has 0 atom stereocenters. The van der Waals surface area contributed by atoms with Crippen molar-refractivity contribution in [1.82, 2.24) is 0 Å².